The molecule has 3 aromatic rings. The number of aliphatic hydroxyl groups excluding tert-OH is 1. The maximum atomic E-state index is 11.2. The standard InChI is InChI=1S/C30H28O11/c1-37-22-14-18(6-7-21(22)32)28-25(15-31)40-29-19(10-16(4-8-26(33)34)12-23(29)38-2)20-11-17(5-9-27(35)36)13-24(39-3)30(20)41-28/h4-14,25,28,31-32H,15H2,1-3H3,(H,33,34)(H,35,36)/b8-4+,9-5+. The maximum Gasteiger partial charge on any atom is 0.328 e. The monoisotopic (exact) mass is 564 g/mol. The molecule has 0 aliphatic carbocycles. The normalized spacial score (nSPS) is 16.1. The Bertz CT molecular complexity index is 1520. The molecular formula is C30H28O11. The Hall–Kier alpha value is -5.16. The number of fused-ring (bicyclic) bond motifs is 3. The van der Waals surface area contributed by atoms with Crippen LogP contribution in [0.1, 0.15) is 22.8 Å². The number of phenolic OH excluding ortho intramolecular Hbond substituents is 1. The van der Waals surface area contributed by atoms with Crippen LogP contribution in [0, 0.1) is 0 Å². The molecule has 0 amide bonds. The summed E-state index contributed by atoms with van der Waals surface area (Å²) in [5.41, 5.74) is 2.26. The Morgan fingerprint density at radius 3 is 1.76 bits per heavy atom. The Balaban J connectivity index is 2.04. The van der Waals surface area contributed by atoms with Crippen molar-refractivity contribution in [3.05, 3.63) is 71.3 Å². The van der Waals surface area contributed by atoms with Crippen LogP contribution in [0.5, 0.6) is 34.5 Å². The van der Waals surface area contributed by atoms with Gasteiger partial charge in [0.2, 0.25) is 0 Å². The molecular weight excluding hydrogens is 536 g/mol. The third kappa shape index (κ3) is 6.20. The van der Waals surface area contributed by atoms with Gasteiger partial charge in [0.05, 0.1) is 27.9 Å². The fourth-order valence-corrected chi connectivity index (χ4v) is 4.42. The molecule has 0 aromatic heterocycles. The van der Waals surface area contributed by atoms with E-state index in [4.69, 9.17) is 28.8 Å². The van der Waals surface area contributed by atoms with Crippen molar-refractivity contribution in [3.8, 4) is 45.6 Å². The van der Waals surface area contributed by atoms with Crippen molar-refractivity contribution < 1.29 is 53.7 Å². The zero-order valence-corrected chi connectivity index (χ0v) is 22.4. The lowest BCUT2D eigenvalue weighted by Gasteiger charge is -2.33. The van der Waals surface area contributed by atoms with Gasteiger partial charge in [0.15, 0.2) is 46.7 Å². The highest BCUT2D eigenvalue weighted by atomic mass is 16.6. The molecule has 0 bridgehead atoms. The third-order valence-corrected chi connectivity index (χ3v) is 6.29. The number of benzene rings is 3. The molecule has 41 heavy (non-hydrogen) atoms. The van der Waals surface area contributed by atoms with Gasteiger partial charge in [-0.05, 0) is 59.7 Å². The molecule has 11 heteroatoms. The fraction of sp³-hybridized carbons (Fsp3) is 0.200. The van der Waals surface area contributed by atoms with E-state index in [9.17, 15) is 24.9 Å². The molecule has 0 saturated carbocycles. The average molecular weight is 565 g/mol. The Labute approximate surface area is 235 Å². The largest absolute Gasteiger partial charge is 0.504 e. The summed E-state index contributed by atoms with van der Waals surface area (Å²) in [6, 6.07) is 11.1. The summed E-state index contributed by atoms with van der Waals surface area (Å²) in [5, 5.41) is 38.9. The number of rotatable bonds is 9. The van der Waals surface area contributed by atoms with Crippen LogP contribution in [0.25, 0.3) is 23.3 Å². The van der Waals surface area contributed by atoms with Gasteiger partial charge in [0, 0.05) is 28.8 Å². The number of methoxy groups -OCH3 is 3. The highest BCUT2D eigenvalue weighted by Gasteiger charge is 2.35. The molecule has 0 fully saturated rings. The second-order valence-electron chi connectivity index (χ2n) is 8.85. The summed E-state index contributed by atoms with van der Waals surface area (Å²) in [6.45, 7) is -0.492. The number of ether oxygens (including phenoxy) is 5. The molecule has 1 heterocycles. The quantitative estimate of drug-likeness (QED) is 0.276. The molecule has 4 N–H and O–H groups in total. The Morgan fingerprint density at radius 1 is 0.780 bits per heavy atom. The van der Waals surface area contributed by atoms with Crippen LogP contribution >= 0.6 is 0 Å². The number of phenols is 1. The summed E-state index contributed by atoms with van der Waals surface area (Å²) in [7, 11) is 4.25. The lowest BCUT2D eigenvalue weighted by atomic mass is 9.95. The van der Waals surface area contributed by atoms with Gasteiger partial charge >= 0.3 is 11.9 Å². The summed E-state index contributed by atoms with van der Waals surface area (Å²) in [5.74, 6) is -1.26. The molecule has 0 spiro atoms. The first-order valence-corrected chi connectivity index (χ1v) is 12.3. The average Bonchev–Trinajstić information content (AvgIpc) is 2.96. The van der Waals surface area contributed by atoms with E-state index in [1.54, 1.807) is 36.4 Å². The Morgan fingerprint density at radius 2 is 1.29 bits per heavy atom. The van der Waals surface area contributed by atoms with Crippen LogP contribution in [-0.4, -0.2) is 66.4 Å². The summed E-state index contributed by atoms with van der Waals surface area (Å²) >= 11 is 0. The first-order chi connectivity index (χ1) is 19.7. The van der Waals surface area contributed by atoms with Gasteiger partial charge in [-0.1, -0.05) is 6.07 Å². The van der Waals surface area contributed by atoms with Gasteiger partial charge in [-0.2, -0.15) is 0 Å². The van der Waals surface area contributed by atoms with Crippen molar-refractivity contribution in [2.45, 2.75) is 12.2 Å². The summed E-state index contributed by atoms with van der Waals surface area (Å²) in [6.07, 6.45) is 2.76. The van der Waals surface area contributed by atoms with E-state index in [0.717, 1.165) is 12.2 Å². The summed E-state index contributed by atoms with van der Waals surface area (Å²) < 4.78 is 29.4. The van der Waals surface area contributed by atoms with Crippen molar-refractivity contribution in [2.75, 3.05) is 27.9 Å². The lowest BCUT2D eigenvalue weighted by molar-refractivity contribution is -0.132. The predicted octanol–water partition coefficient (Wildman–Crippen LogP) is 4.15. The van der Waals surface area contributed by atoms with E-state index in [1.807, 2.05) is 0 Å². The van der Waals surface area contributed by atoms with E-state index < -0.39 is 30.8 Å². The first kappa shape index (κ1) is 28.8. The lowest BCUT2D eigenvalue weighted by Crippen LogP contribution is -2.34. The smallest absolute Gasteiger partial charge is 0.328 e. The summed E-state index contributed by atoms with van der Waals surface area (Å²) in [4.78, 5) is 22.4. The molecule has 4 rings (SSSR count). The fourth-order valence-electron chi connectivity index (χ4n) is 4.42. The van der Waals surface area contributed by atoms with Crippen molar-refractivity contribution in [2.24, 2.45) is 0 Å². The minimum atomic E-state index is -1.15. The van der Waals surface area contributed by atoms with Gasteiger partial charge in [-0.25, -0.2) is 9.59 Å². The highest BCUT2D eigenvalue weighted by Crippen LogP contribution is 2.51. The van der Waals surface area contributed by atoms with E-state index in [0.29, 0.717) is 27.8 Å². The number of hydrogen-bond donors (Lipinski definition) is 4. The van der Waals surface area contributed by atoms with Crippen LogP contribution in [0.4, 0.5) is 0 Å². The van der Waals surface area contributed by atoms with Gasteiger partial charge in [0.1, 0.15) is 0 Å². The molecule has 0 saturated heterocycles. The molecule has 2 unspecified atom stereocenters. The predicted molar refractivity (Wildman–Crippen MR) is 148 cm³/mol. The van der Waals surface area contributed by atoms with Crippen LogP contribution in [0.3, 0.4) is 0 Å². The van der Waals surface area contributed by atoms with Crippen molar-refractivity contribution >= 4 is 24.1 Å². The van der Waals surface area contributed by atoms with Crippen LogP contribution in [0.2, 0.25) is 0 Å². The van der Waals surface area contributed by atoms with Crippen LogP contribution in [-0.2, 0) is 9.59 Å². The van der Waals surface area contributed by atoms with E-state index in [1.165, 1.54) is 39.5 Å². The third-order valence-electron chi connectivity index (χ3n) is 6.29. The second kappa shape index (κ2) is 12.3. The van der Waals surface area contributed by atoms with Crippen molar-refractivity contribution in [1.29, 1.82) is 0 Å². The molecule has 3 aromatic carbocycles. The van der Waals surface area contributed by atoms with E-state index in [2.05, 4.69) is 0 Å². The second-order valence-corrected chi connectivity index (χ2v) is 8.85. The van der Waals surface area contributed by atoms with Gasteiger partial charge in [-0.3, -0.25) is 0 Å². The van der Waals surface area contributed by atoms with Crippen molar-refractivity contribution in [3.63, 3.8) is 0 Å². The number of carboxylic acid groups (broad SMARTS) is 2. The minimum absolute atomic E-state index is 0.0923. The van der Waals surface area contributed by atoms with Gasteiger partial charge < -0.3 is 44.1 Å². The number of aliphatic hydroxyl groups is 1. The number of carbonyl (C=O) groups is 2. The molecule has 2 atom stereocenters. The van der Waals surface area contributed by atoms with Crippen molar-refractivity contribution in [1.82, 2.24) is 0 Å². The molecule has 11 nitrogen and oxygen atoms in total. The zero-order valence-electron chi connectivity index (χ0n) is 22.4. The molecule has 1 aliphatic rings. The SMILES string of the molecule is COc1cc(C2Oc3c(OC)cc(/C=C/C(=O)O)cc3-c3cc(/C=C/C(=O)O)cc(OC)c3OC2CO)ccc1O. The van der Waals surface area contributed by atoms with Crippen LogP contribution in [0.15, 0.2) is 54.6 Å². The molecule has 214 valence electrons. The first-order valence-electron chi connectivity index (χ1n) is 12.3. The van der Waals surface area contributed by atoms with Crippen LogP contribution < -0.4 is 23.7 Å². The topological polar surface area (TPSA) is 161 Å². The minimum Gasteiger partial charge on any atom is -0.504 e. The van der Waals surface area contributed by atoms with Gasteiger partial charge in [0.25, 0.3) is 0 Å². The number of carboxylic acids is 2. The number of aliphatic carboxylic acids is 2. The highest BCUT2D eigenvalue weighted by molar-refractivity contribution is 5.90. The number of aromatic hydroxyl groups is 1. The Kier molecular flexibility index (Phi) is 8.69. The van der Waals surface area contributed by atoms with E-state index >= 15 is 0 Å². The van der Waals surface area contributed by atoms with Gasteiger partial charge in [-0.15, -0.1) is 0 Å². The maximum absolute atomic E-state index is 11.2. The zero-order chi connectivity index (χ0) is 29.7. The van der Waals surface area contributed by atoms with E-state index in [-0.39, 0.29) is 34.5 Å². The molecule has 0 radical (unpaired) electrons. The number of hydrogen-bond acceptors (Lipinski definition) is 9. The molecule has 1 aliphatic heterocycles.